The van der Waals surface area contributed by atoms with Gasteiger partial charge in [0, 0.05) is 18.1 Å². The number of nitrogens with two attached hydrogens (primary N) is 1. The second kappa shape index (κ2) is 5.56. The number of aromatic nitrogens is 2. The van der Waals surface area contributed by atoms with E-state index in [9.17, 15) is 4.79 Å². The molecule has 1 atom stereocenters. The molecule has 1 aliphatic rings. The Balaban J connectivity index is 1.96. The van der Waals surface area contributed by atoms with Gasteiger partial charge in [0.1, 0.15) is 6.04 Å². The molecule has 1 aromatic heterocycles. The van der Waals surface area contributed by atoms with Crippen LogP contribution in [-0.4, -0.2) is 33.4 Å². The Bertz CT molecular complexity index is 676. The Hall–Kier alpha value is -1.75. The van der Waals surface area contributed by atoms with E-state index in [0.717, 1.165) is 37.0 Å². The maximum Gasteiger partial charge on any atom is 0.245 e. The van der Waals surface area contributed by atoms with Crippen LogP contribution in [0.4, 0.5) is 5.95 Å². The van der Waals surface area contributed by atoms with Gasteiger partial charge in [-0.05, 0) is 44.4 Å². The summed E-state index contributed by atoms with van der Waals surface area (Å²) in [6, 6.07) is 5.03. The first kappa shape index (κ1) is 14.2. The van der Waals surface area contributed by atoms with Crippen molar-refractivity contribution in [3.8, 4) is 0 Å². The summed E-state index contributed by atoms with van der Waals surface area (Å²) in [5.41, 5.74) is 7.57. The summed E-state index contributed by atoms with van der Waals surface area (Å²) in [6.07, 6.45) is 3.35. The van der Waals surface area contributed by atoms with Crippen molar-refractivity contribution in [1.82, 2.24) is 14.5 Å². The first-order chi connectivity index (χ1) is 10.1. The molecule has 3 rings (SSSR count). The second-order valence-electron chi connectivity index (χ2n) is 5.53. The monoisotopic (exact) mass is 306 g/mol. The molecule has 1 aromatic carbocycles. The number of benzene rings is 1. The molecule has 2 aromatic rings. The number of halogens is 1. The SMILES string of the molecule is CC(C(=O)N1CCCCC1)n1c(N)nc2ccc(Cl)cc21. The Morgan fingerprint density at radius 3 is 2.76 bits per heavy atom. The first-order valence-corrected chi connectivity index (χ1v) is 7.67. The van der Waals surface area contributed by atoms with E-state index in [-0.39, 0.29) is 11.9 Å². The van der Waals surface area contributed by atoms with Crippen molar-refractivity contribution in [3.05, 3.63) is 23.2 Å². The zero-order valence-corrected chi connectivity index (χ0v) is 12.8. The third-order valence-corrected chi connectivity index (χ3v) is 4.33. The van der Waals surface area contributed by atoms with E-state index in [4.69, 9.17) is 17.3 Å². The molecule has 112 valence electrons. The van der Waals surface area contributed by atoms with Crippen LogP contribution in [0, 0.1) is 0 Å². The molecule has 0 spiro atoms. The van der Waals surface area contributed by atoms with E-state index >= 15 is 0 Å². The lowest BCUT2D eigenvalue weighted by atomic mass is 10.1. The fraction of sp³-hybridized carbons (Fsp3) is 0.467. The number of carbonyl (C=O) groups excluding carboxylic acids is 1. The largest absolute Gasteiger partial charge is 0.369 e. The number of nitrogens with zero attached hydrogens (tertiary/aromatic N) is 3. The van der Waals surface area contributed by atoms with Crippen molar-refractivity contribution >= 4 is 34.5 Å². The van der Waals surface area contributed by atoms with Crippen molar-refractivity contribution in [2.75, 3.05) is 18.8 Å². The lowest BCUT2D eigenvalue weighted by Crippen LogP contribution is -2.39. The number of likely N-dealkylation sites (tertiary alicyclic amines) is 1. The van der Waals surface area contributed by atoms with Gasteiger partial charge >= 0.3 is 0 Å². The normalized spacial score (nSPS) is 17.1. The van der Waals surface area contributed by atoms with Crippen molar-refractivity contribution in [1.29, 1.82) is 0 Å². The highest BCUT2D eigenvalue weighted by atomic mass is 35.5. The zero-order chi connectivity index (χ0) is 15.0. The Morgan fingerprint density at radius 2 is 2.05 bits per heavy atom. The third kappa shape index (κ3) is 2.58. The average Bonchev–Trinajstić information content (AvgIpc) is 2.82. The molecule has 1 aliphatic heterocycles. The highest BCUT2D eigenvalue weighted by Gasteiger charge is 2.26. The van der Waals surface area contributed by atoms with Gasteiger partial charge in [0.25, 0.3) is 0 Å². The molecule has 2 heterocycles. The number of piperidine rings is 1. The lowest BCUT2D eigenvalue weighted by Gasteiger charge is -2.30. The predicted molar refractivity (Wildman–Crippen MR) is 84.3 cm³/mol. The van der Waals surface area contributed by atoms with Gasteiger partial charge in [0.2, 0.25) is 11.9 Å². The third-order valence-electron chi connectivity index (χ3n) is 4.09. The van der Waals surface area contributed by atoms with Crippen molar-refractivity contribution in [3.63, 3.8) is 0 Å². The van der Waals surface area contributed by atoms with E-state index in [1.807, 2.05) is 17.9 Å². The van der Waals surface area contributed by atoms with Crippen LogP contribution in [0.2, 0.25) is 5.02 Å². The summed E-state index contributed by atoms with van der Waals surface area (Å²) in [7, 11) is 0. The molecule has 1 saturated heterocycles. The molecule has 1 unspecified atom stereocenters. The molecule has 0 radical (unpaired) electrons. The first-order valence-electron chi connectivity index (χ1n) is 7.29. The lowest BCUT2D eigenvalue weighted by molar-refractivity contribution is -0.135. The van der Waals surface area contributed by atoms with Crippen LogP contribution in [0.3, 0.4) is 0 Å². The minimum absolute atomic E-state index is 0.0978. The van der Waals surface area contributed by atoms with Crippen LogP contribution in [0.5, 0.6) is 0 Å². The maximum absolute atomic E-state index is 12.7. The molecular formula is C15H19ClN4O. The molecule has 2 N–H and O–H groups in total. The van der Waals surface area contributed by atoms with Crippen LogP contribution in [0.25, 0.3) is 11.0 Å². The number of rotatable bonds is 2. The van der Waals surface area contributed by atoms with Crippen LogP contribution < -0.4 is 5.73 Å². The second-order valence-corrected chi connectivity index (χ2v) is 5.97. The van der Waals surface area contributed by atoms with Gasteiger partial charge in [-0.2, -0.15) is 0 Å². The zero-order valence-electron chi connectivity index (χ0n) is 12.1. The Kier molecular flexibility index (Phi) is 3.76. The minimum atomic E-state index is -0.369. The summed E-state index contributed by atoms with van der Waals surface area (Å²) >= 11 is 6.06. The van der Waals surface area contributed by atoms with E-state index < -0.39 is 0 Å². The van der Waals surface area contributed by atoms with E-state index in [0.29, 0.717) is 11.0 Å². The number of hydrogen-bond donors (Lipinski definition) is 1. The number of anilines is 1. The van der Waals surface area contributed by atoms with Crippen molar-refractivity contribution < 1.29 is 4.79 Å². The van der Waals surface area contributed by atoms with Gasteiger partial charge in [-0.3, -0.25) is 9.36 Å². The summed E-state index contributed by atoms with van der Waals surface area (Å²) in [5, 5.41) is 0.612. The highest BCUT2D eigenvalue weighted by molar-refractivity contribution is 6.31. The molecule has 0 saturated carbocycles. The molecule has 21 heavy (non-hydrogen) atoms. The van der Waals surface area contributed by atoms with Crippen LogP contribution in [0.1, 0.15) is 32.2 Å². The molecule has 5 nitrogen and oxygen atoms in total. The Morgan fingerprint density at radius 1 is 1.33 bits per heavy atom. The van der Waals surface area contributed by atoms with Gasteiger partial charge in [-0.15, -0.1) is 0 Å². The van der Waals surface area contributed by atoms with Crippen LogP contribution >= 0.6 is 11.6 Å². The molecular weight excluding hydrogens is 288 g/mol. The summed E-state index contributed by atoms with van der Waals surface area (Å²) in [4.78, 5) is 18.9. The molecule has 0 aliphatic carbocycles. The average molecular weight is 307 g/mol. The molecule has 6 heteroatoms. The smallest absolute Gasteiger partial charge is 0.245 e. The highest BCUT2D eigenvalue weighted by Crippen LogP contribution is 2.27. The van der Waals surface area contributed by atoms with Gasteiger partial charge in [0.05, 0.1) is 11.0 Å². The summed E-state index contributed by atoms with van der Waals surface area (Å²) < 4.78 is 1.78. The summed E-state index contributed by atoms with van der Waals surface area (Å²) in [5.74, 6) is 0.450. The summed E-state index contributed by atoms with van der Waals surface area (Å²) in [6.45, 7) is 3.53. The maximum atomic E-state index is 12.7. The molecule has 1 amide bonds. The van der Waals surface area contributed by atoms with E-state index in [1.165, 1.54) is 6.42 Å². The van der Waals surface area contributed by atoms with Crippen LogP contribution in [0.15, 0.2) is 18.2 Å². The van der Waals surface area contributed by atoms with Crippen molar-refractivity contribution in [2.24, 2.45) is 0 Å². The molecule has 0 bridgehead atoms. The van der Waals surface area contributed by atoms with Gasteiger partial charge in [-0.25, -0.2) is 4.98 Å². The van der Waals surface area contributed by atoms with Crippen LogP contribution in [-0.2, 0) is 4.79 Å². The number of fused-ring (bicyclic) bond motifs is 1. The fourth-order valence-electron chi connectivity index (χ4n) is 2.98. The number of nitrogen functional groups attached to an aromatic ring is 1. The fourth-order valence-corrected chi connectivity index (χ4v) is 3.15. The standard InChI is InChI=1S/C15H19ClN4O/c1-10(14(21)19-7-3-2-4-8-19)20-13-9-11(16)5-6-12(13)18-15(20)17/h5-6,9-10H,2-4,7-8H2,1H3,(H2,17,18). The van der Waals surface area contributed by atoms with E-state index in [1.54, 1.807) is 16.7 Å². The predicted octanol–water partition coefficient (Wildman–Crippen LogP) is 2.85. The van der Waals surface area contributed by atoms with Gasteiger partial charge in [-0.1, -0.05) is 11.6 Å². The van der Waals surface area contributed by atoms with E-state index in [2.05, 4.69) is 4.98 Å². The van der Waals surface area contributed by atoms with Gasteiger partial charge < -0.3 is 10.6 Å². The quantitative estimate of drug-likeness (QED) is 0.928. The van der Waals surface area contributed by atoms with Gasteiger partial charge in [0.15, 0.2) is 0 Å². The number of amides is 1. The molecule has 1 fully saturated rings. The minimum Gasteiger partial charge on any atom is -0.369 e. The topological polar surface area (TPSA) is 64.2 Å². The number of carbonyl (C=O) groups is 1. The number of imidazole rings is 1. The van der Waals surface area contributed by atoms with Crippen molar-refractivity contribution in [2.45, 2.75) is 32.2 Å². The Labute approximate surface area is 128 Å². The number of hydrogen-bond acceptors (Lipinski definition) is 3.